The molecule has 10 aromatic rings. The molecule has 0 fully saturated rings. The van der Waals surface area contributed by atoms with Crippen molar-refractivity contribution in [3.05, 3.63) is 262 Å². The van der Waals surface area contributed by atoms with Crippen molar-refractivity contribution in [2.75, 3.05) is 26.7 Å². The maximum atomic E-state index is 7.68. The van der Waals surface area contributed by atoms with E-state index in [0.29, 0.717) is 0 Å². The Balaban J connectivity index is 0.852. The lowest BCUT2D eigenvalue weighted by atomic mass is 9.77. The minimum Gasteiger partial charge on any atom is -0.497 e. The monoisotopic (exact) mass is 1020 g/mol. The fourth-order valence-corrected chi connectivity index (χ4v) is 15.6. The summed E-state index contributed by atoms with van der Waals surface area (Å²) in [5, 5.41) is 4.64. The van der Waals surface area contributed by atoms with Gasteiger partial charge >= 0.3 is 0 Å². The van der Waals surface area contributed by atoms with Crippen LogP contribution in [-0.4, -0.2) is 26.7 Å². The average molecular weight is 1020 g/mol. The van der Waals surface area contributed by atoms with Gasteiger partial charge in [0.25, 0.3) is 0 Å². The molecule has 77 heavy (non-hydrogen) atoms. The van der Waals surface area contributed by atoms with Crippen molar-refractivity contribution >= 4 is 43.7 Å². The van der Waals surface area contributed by atoms with Crippen LogP contribution in [0.1, 0.15) is 83.3 Å². The van der Waals surface area contributed by atoms with Gasteiger partial charge in [-0.1, -0.05) is 185 Å². The summed E-state index contributed by atoms with van der Waals surface area (Å²) in [5.74, 6) is 3.42. The number of hydrogen-bond donors (Lipinski definition) is 0. The second-order valence-corrected chi connectivity index (χ2v) is 26.2. The number of fused-ring (bicyclic) bond motifs is 16. The van der Waals surface area contributed by atoms with Crippen LogP contribution in [0.25, 0.3) is 56.0 Å². The molecule has 2 aliphatic carbocycles. The van der Waals surface area contributed by atoms with Crippen molar-refractivity contribution in [3.8, 4) is 45.3 Å². The second kappa shape index (κ2) is 16.9. The first-order valence-electron chi connectivity index (χ1n) is 26.7. The molecule has 0 N–H and O–H groups in total. The van der Waals surface area contributed by atoms with Gasteiger partial charge in [0.2, 0.25) is 0 Å². The standard InChI is InChI=1S/C72H60O4S/c1-69(2)61-23-15-13-21-57(61)63-53-17-9-11-19-55(53)67-59(65(63)69)41-43-71(75-67,45-25-33-49(73-5)34-26-45)47-29-37-51(38-30-47)77(7,8)52-39-31-48(32-40-52)72(46-27-35-50(74-6)36-28-46)44-42-60-66-64(54-18-10-12-20-56(54)68(60)76-72)58-22-14-16-24-62(58)70(66,3)4/h9-44H,1-8H3. The number of benzene rings is 10. The maximum absolute atomic E-state index is 7.68. The van der Waals surface area contributed by atoms with E-state index < -0.39 is 21.2 Å². The molecule has 5 heteroatoms. The van der Waals surface area contributed by atoms with Crippen molar-refractivity contribution < 1.29 is 18.9 Å². The quantitative estimate of drug-likeness (QED) is 0.152. The Morgan fingerprint density at radius 3 is 1.06 bits per heavy atom. The summed E-state index contributed by atoms with van der Waals surface area (Å²) in [7, 11) is 1.91. The normalized spacial score (nSPS) is 19.0. The topological polar surface area (TPSA) is 36.9 Å². The van der Waals surface area contributed by atoms with Crippen LogP contribution in [-0.2, 0) is 22.0 Å². The van der Waals surface area contributed by atoms with Crippen molar-refractivity contribution in [3.63, 3.8) is 0 Å². The van der Waals surface area contributed by atoms with Crippen LogP contribution in [0, 0.1) is 0 Å². The molecule has 4 aliphatic rings. The van der Waals surface area contributed by atoms with Crippen molar-refractivity contribution in [2.45, 2.75) is 59.5 Å². The van der Waals surface area contributed by atoms with E-state index in [1.54, 1.807) is 14.2 Å². The van der Waals surface area contributed by atoms with Gasteiger partial charge in [-0.2, -0.15) is 10.0 Å². The number of rotatable bonds is 8. The van der Waals surface area contributed by atoms with Crippen LogP contribution in [0.15, 0.2) is 216 Å². The zero-order valence-electron chi connectivity index (χ0n) is 44.8. The van der Waals surface area contributed by atoms with Gasteiger partial charge in [-0.3, -0.25) is 0 Å². The Hall–Kier alpha value is -8.25. The summed E-state index contributed by atoms with van der Waals surface area (Å²) in [5.41, 5.74) is 14.7. The van der Waals surface area contributed by atoms with Gasteiger partial charge in [0.05, 0.1) is 14.2 Å². The first-order valence-corrected chi connectivity index (χ1v) is 29.1. The summed E-state index contributed by atoms with van der Waals surface area (Å²) in [6.07, 6.45) is 14.0. The SMILES string of the molecule is COc1ccc(C2(c3ccc(S(C)(C)c4ccc(C5(c6ccc(OC)cc6)C=Cc6c7c(c8ccccc8c6O5)-c5ccccc5C7(C)C)cc4)cc3)C=Cc3c4c(c5ccccc5c3O2)-c2ccccc2C4(C)C)cc1. The molecule has 4 nitrogen and oxygen atoms in total. The molecule has 2 aliphatic heterocycles. The summed E-state index contributed by atoms with van der Waals surface area (Å²) < 4.78 is 26.7. The Labute approximate surface area is 453 Å². The zero-order valence-corrected chi connectivity index (χ0v) is 45.6. The molecular formula is C72H60O4S. The molecule has 2 heterocycles. The van der Waals surface area contributed by atoms with Gasteiger partial charge < -0.3 is 18.9 Å². The van der Waals surface area contributed by atoms with E-state index in [2.05, 4.69) is 234 Å². The number of ether oxygens (including phenoxy) is 4. The molecule has 2 unspecified atom stereocenters. The van der Waals surface area contributed by atoms with Crippen LogP contribution in [0.5, 0.6) is 23.0 Å². The lowest BCUT2D eigenvalue weighted by Gasteiger charge is -2.39. The van der Waals surface area contributed by atoms with Gasteiger partial charge in [0.15, 0.2) is 11.2 Å². The number of methoxy groups -OCH3 is 2. The van der Waals surface area contributed by atoms with Crippen LogP contribution >= 0.6 is 10.0 Å². The zero-order chi connectivity index (χ0) is 52.6. The summed E-state index contributed by atoms with van der Waals surface area (Å²) in [4.78, 5) is 2.55. The van der Waals surface area contributed by atoms with Crippen LogP contribution in [0.2, 0.25) is 0 Å². The molecular weight excluding hydrogens is 961 g/mol. The smallest absolute Gasteiger partial charge is 0.178 e. The highest BCUT2D eigenvalue weighted by molar-refractivity contribution is 8.32. The molecule has 0 aromatic heterocycles. The fraction of sp³-hybridized carbons (Fsp3) is 0.167. The van der Waals surface area contributed by atoms with E-state index in [4.69, 9.17) is 18.9 Å². The molecule has 10 aromatic carbocycles. The molecule has 0 spiro atoms. The van der Waals surface area contributed by atoms with Gasteiger partial charge in [0.1, 0.15) is 23.0 Å². The first kappa shape index (κ1) is 47.2. The fourth-order valence-electron chi connectivity index (χ4n) is 13.7. The molecule has 2 atom stereocenters. The molecule has 0 radical (unpaired) electrons. The van der Waals surface area contributed by atoms with Crippen LogP contribution in [0.4, 0.5) is 0 Å². The third-order valence-corrected chi connectivity index (χ3v) is 20.6. The minimum absolute atomic E-state index is 0.218. The Kier molecular flexibility index (Phi) is 10.3. The van der Waals surface area contributed by atoms with E-state index in [9.17, 15) is 0 Å². The average Bonchev–Trinajstić information content (AvgIpc) is 4.12. The predicted octanol–water partition coefficient (Wildman–Crippen LogP) is 17.8. The van der Waals surface area contributed by atoms with Gasteiger partial charge in [-0.25, -0.2) is 0 Å². The van der Waals surface area contributed by atoms with Crippen molar-refractivity contribution in [2.24, 2.45) is 0 Å². The minimum atomic E-state index is -1.52. The van der Waals surface area contributed by atoms with Crippen LogP contribution < -0.4 is 18.9 Å². The van der Waals surface area contributed by atoms with E-state index >= 15 is 0 Å². The van der Waals surface area contributed by atoms with Crippen molar-refractivity contribution in [1.29, 1.82) is 0 Å². The van der Waals surface area contributed by atoms with E-state index in [0.717, 1.165) is 67.2 Å². The van der Waals surface area contributed by atoms with Crippen LogP contribution in [0.3, 0.4) is 0 Å². The second-order valence-electron chi connectivity index (χ2n) is 22.6. The maximum Gasteiger partial charge on any atom is 0.178 e. The molecule has 14 rings (SSSR count). The molecule has 0 bridgehead atoms. The lowest BCUT2D eigenvalue weighted by molar-refractivity contribution is 0.163. The highest BCUT2D eigenvalue weighted by Gasteiger charge is 2.46. The molecule has 0 amide bonds. The Bertz CT molecular complexity index is 3860. The highest BCUT2D eigenvalue weighted by atomic mass is 32.3. The van der Waals surface area contributed by atoms with Gasteiger partial charge in [-0.15, -0.1) is 0 Å². The predicted molar refractivity (Wildman–Crippen MR) is 319 cm³/mol. The lowest BCUT2D eigenvalue weighted by Crippen LogP contribution is -2.35. The molecule has 378 valence electrons. The van der Waals surface area contributed by atoms with E-state index in [1.165, 1.54) is 65.1 Å². The Morgan fingerprint density at radius 1 is 0.377 bits per heavy atom. The highest BCUT2D eigenvalue weighted by Crippen LogP contribution is 2.62. The summed E-state index contributed by atoms with van der Waals surface area (Å²) in [6, 6.07) is 70.5. The third-order valence-electron chi connectivity index (χ3n) is 17.7. The van der Waals surface area contributed by atoms with E-state index in [1.807, 2.05) is 24.3 Å². The summed E-state index contributed by atoms with van der Waals surface area (Å²) in [6.45, 7) is 9.42. The first-order chi connectivity index (χ1) is 37.3. The number of hydrogen-bond acceptors (Lipinski definition) is 4. The van der Waals surface area contributed by atoms with E-state index in [-0.39, 0.29) is 10.8 Å². The third kappa shape index (κ3) is 6.66. The largest absolute Gasteiger partial charge is 0.497 e. The molecule has 0 saturated heterocycles. The molecule has 0 saturated carbocycles. The summed E-state index contributed by atoms with van der Waals surface area (Å²) >= 11 is 0. The van der Waals surface area contributed by atoms with Gasteiger partial charge in [0, 0.05) is 55.0 Å². The van der Waals surface area contributed by atoms with Crippen molar-refractivity contribution in [1.82, 2.24) is 0 Å². The van der Waals surface area contributed by atoms with Gasteiger partial charge in [-0.05, 0) is 138 Å². The Morgan fingerprint density at radius 2 is 0.701 bits per heavy atom.